The summed E-state index contributed by atoms with van der Waals surface area (Å²) in [6.07, 6.45) is 1.35. The lowest BCUT2D eigenvalue weighted by Gasteiger charge is -2.19. The zero-order chi connectivity index (χ0) is 11.0. The van der Waals surface area contributed by atoms with E-state index in [1.165, 1.54) is 0 Å². The average Bonchev–Trinajstić information content (AvgIpc) is 2.14. The molecule has 4 nitrogen and oxygen atoms in total. The molecule has 0 aliphatic rings. The SMILES string of the molecule is CNCCCC(=O)N[C@H](CO)C(C)C. The summed E-state index contributed by atoms with van der Waals surface area (Å²) in [6.45, 7) is 4.82. The highest BCUT2D eigenvalue weighted by Gasteiger charge is 2.14. The summed E-state index contributed by atoms with van der Waals surface area (Å²) in [7, 11) is 1.86. The molecule has 0 spiro atoms. The minimum atomic E-state index is -0.114. The zero-order valence-corrected chi connectivity index (χ0v) is 9.34. The van der Waals surface area contributed by atoms with Gasteiger partial charge in [-0.25, -0.2) is 0 Å². The maximum absolute atomic E-state index is 11.3. The lowest BCUT2D eigenvalue weighted by molar-refractivity contribution is -0.122. The molecule has 0 unspecified atom stereocenters. The molecule has 0 bridgehead atoms. The second kappa shape index (κ2) is 7.76. The summed E-state index contributed by atoms with van der Waals surface area (Å²) in [6, 6.07) is -0.114. The maximum atomic E-state index is 11.3. The molecule has 0 saturated heterocycles. The van der Waals surface area contributed by atoms with Gasteiger partial charge in [-0.15, -0.1) is 0 Å². The van der Waals surface area contributed by atoms with E-state index in [4.69, 9.17) is 5.11 Å². The van der Waals surface area contributed by atoms with Crippen molar-refractivity contribution in [3.63, 3.8) is 0 Å². The maximum Gasteiger partial charge on any atom is 0.220 e. The fraction of sp³-hybridized carbons (Fsp3) is 0.900. The van der Waals surface area contributed by atoms with E-state index in [1.54, 1.807) is 0 Å². The van der Waals surface area contributed by atoms with E-state index >= 15 is 0 Å². The van der Waals surface area contributed by atoms with Gasteiger partial charge in [0.25, 0.3) is 0 Å². The van der Waals surface area contributed by atoms with Crippen molar-refractivity contribution in [3.05, 3.63) is 0 Å². The van der Waals surface area contributed by atoms with Gasteiger partial charge in [0, 0.05) is 6.42 Å². The Kier molecular flexibility index (Phi) is 7.42. The van der Waals surface area contributed by atoms with Gasteiger partial charge in [-0.3, -0.25) is 4.79 Å². The molecule has 0 aromatic carbocycles. The second-order valence-electron chi connectivity index (χ2n) is 3.81. The monoisotopic (exact) mass is 202 g/mol. The first kappa shape index (κ1) is 13.4. The van der Waals surface area contributed by atoms with E-state index in [0.29, 0.717) is 6.42 Å². The van der Waals surface area contributed by atoms with Crippen LogP contribution in [0.25, 0.3) is 0 Å². The van der Waals surface area contributed by atoms with Crippen molar-refractivity contribution in [3.8, 4) is 0 Å². The molecule has 1 amide bonds. The second-order valence-corrected chi connectivity index (χ2v) is 3.81. The van der Waals surface area contributed by atoms with Gasteiger partial charge in [0.05, 0.1) is 12.6 Å². The van der Waals surface area contributed by atoms with Gasteiger partial charge in [0.1, 0.15) is 0 Å². The van der Waals surface area contributed by atoms with E-state index in [-0.39, 0.29) is 24.5 Å². The zero-order valence-electron chi connectivity index (χ0n) is 9.34. The Labute approximate surface area is 86.1 Å². The van der Waals surface area contributed by atoms with Gasteiger partial charge in [-0.2, -0.15) is 0 Å². The molecule has 84 valence electrons. The van der Waals surface area contributed by atoms with Crippen LogP contribution in [0.2, 0.25) is 0 Å². The first-order valence-corrected chi connectivity index (χ1v) is 5.16. The third kappa shape index (κ3) is 5.94. The average molecular weight is 202 g/mol. The van der Waals surface area contributed by atoms with Crippen LogP contribution >= 0.6 is 0 Å². The van der Waals surface area contributed by atoms with Crippen molar-refractivity contribution in [2.45, 2.75) is 32.7 Å². The highest BCUT2D eigenvalue weighted by Crippen LogP contribution is 2.01. The number of aliphatic hydroxyl groups is 1. The minimum absolute atomic E-state index is 0.00936. The van der Waals surface area contributed by atoms with Gasteiger partial charge in [0.2, 0.25) is 5.91 Å². The number of amides is 1. The van der Waals surface area contributed by atoms with E-state index in [1.807, 2.05) is 20.9 Å². The van der Waals surface area contributed by atoms with Crippen molar-refractivity contribution in [2.75, 3.05) is 20.2 Å². The molecule has 14 heavy (non-hydrogen) atoms. The van der Waals surface area contributed by atoms with Crippen LogP contribution in [-0.4, -0.2) is 37.3 Å². The first-order valence-electron chi connectivity index (χ1n) is 5.16. The summed E-state index contributed by atoms with van der Waals surface area (Å²) < 4.78 is 0. The molecule has 1 atom stereocenters. The summed E-state index contributed by atoms with van der Waals surface area (Å²) in [5.74, 6) is 0.293. The number of nitrogens with one attached hydrogen (secondary N) is 2. The van der Waals surface area contributed by atoms with Gasteiger partial charge in [0.15, 0.2) is 0 Å². The third-order valence-electron chi connectivity index (χ3n) is 2.18. The van der Waals surface area contributed by atoms with Crippen LogP contribution in [0.3, 0.4) is 0 Å². The Hall–Kier alpha value is -0.610. The van der Waals surface area contributed by atoms with E-state index in [2.05, 4.69) is 10.6 Å². The molecule has 0 radical (unpaired) electrons. The Morgan fingerprint density at radius 2 is 2.07 bits per heavy atom. The molecule has 0 fully saturated rings. The van der Waals surface area contributed by atoms with Gasteiger partial charge in [-0.1, -0.05) is 13.8 Å². The molecule has 3 N–H and O–H groups in total. The molecule has 0 aromatic heterocycles. The van der Waals surface area contributed by atoms with Crippen LogP contribution in [0.1, 0.15) is 26.7 Å². The Morgan fingerprint density at radius 3 is 2.50 bits per heavy atom. The highest BCUT2D eigenvalue weighted by molar-refractivity contribution is 5.76. The Bertz CT molecular complexity index is 160. The van der Waals surface area contributed by atoms with Crippen LogP contribution in [0, 0.1) is 5.92 Å². The number of rotatable bonds is 7. The topological polar surface area (TPSA) is 61.4 Å². The quantitative estimate of drug-likeness (QED) is 0.514. The van der Waals surface area contributed by atoms with E-state index < -0.39 is 0 Å². The molecule has 0 rings (SSSR count). The molecule has 0 heterocycles. The Morgan fingerprint density at radius 1 is 1.43 bits per heavy atom. The minimum Gasteiger partial charge on any atom is -0.394 e. The van der Waals surface area contributed by atoms with Crippen molar-refractivity contribution < 1.29 is 9.90 Å². The van der Waals surface area contributed by atoms with Crippen molar-refractivity contribution in [2.24, 2.45) is 5.92 Å². The lowest BCUT2D eigenvalue weighted by Crippen LogP contribution is -2.41. The molecule has 4 heteroatoms. The normalized spacial score (nSPS) is 12.9. The van der Waals surface area contributed by atoms with Crippen LogP contribution < -0.4 is 10.6 Å². The number of carbonyl (C=O) groups is 1. The standard InChI is InChI=1S/C10H22N2O2/c1-8(2)9(7-13)12-10(14)5-4-6-11-3/h8-9,11,13H,4-7H2,1-3H3,(H,12,14)/t9-/m1/s1. The van der Waals surface area contributed by atoms with E-state index in [9.17, 15) is 4.79 Å². The number of hydrogen-bond donors (Lipinski definition) is 3. The molecular weight excluding hydrogens is 180 g/mol. The van der Waals surface area contributed by atoms with Crippen LogP contribution in [0.5, 0.6) is 0 Å². The van der Waals surface area contributed by atoms with Crippen LogP contribution in [-0.2, 0) is 4.79 Å². The van der Waals surface area contributed by atoms with Crippen molar-refractivity contribution in [1.29, 1.82) is 0 Å². The fourth-order valence-electron chi connectivity index (χ4n) is 1.13. The third-order valence-corrected chi connectivity index (χ3v) is 2.18. The van der Waals surface area contributed by atoms with Gasteiger partial charge < -0.3 is 15.7 Å². The largest absolute Gasteiger partial charge is 0.394 e. The summed E-state index contributed by atoms with van der Waals surface area (Å²) >= 11 is 0. The smallest absolute Gasteiger partial charge is 0.220 e. The highest BCUT2D eigenvalue weighted by atomic mass is 16.3. The summed E-state index contributed by atoms with van der Waals surface area (Å²) in [5.41, 5.74) is 0. The summed E-state index contributed by atoms with van der Waals surface area (Å²) in [5, 5.41) is 14.8. The number of carbonyl (C=O) groups excluding carboxylic acids is 1. The lowest BCUT2D eigenvalue weighted by atomic mass is 10.1. The predicted octanol–water partition coefficient (Wildman–Crippen LogP) is 0.119. The summed E-state index contributed by atoms with van der Waals surface area (Å²) in [4.78, 5) is 11.3. The first-order chi connectivity index (χ1) is 6.61. The molecule has 0 aliphatic carbocycles. The molecular formula is C10H22N2O2. The van der Waals surface area contributed by atoms with Gasteiger partial charge >= 0.3 is 0 Å². The van der Waals surface area contributed by atoms with Crippen LogP contribution in [0.15, 0.2) is 0 Å². The Balaban J connectivity index is 3.68. The fourth-order valence-corrected chi connectivity index (χ4v) is 1.13. The van der Waals surface area contributed by atoms with E-state index in [0.717, 1.165) is 13.0 Å². The van der Waals surface area contributed by atoms with Gasteiger partial charge in [-0.05, 0) is 25.9 Å². The number of hydrogen-bond acceptors (Lipinski definition) is 3. The van der Waals surface area contributed by atoms with Crippen molar-refractivity contribution >= 4 is 5.91 Å². The molecule has 0 saturated carbocycles. The predicted molar refractivity (Wildman–Crippen MR) is 57.0 cm³/mol. The molecule has 0 aromatic rings. The van der Waals surface area contributed by atoms with Crippen LogP contribution in [0.4, 0.5) is 0 Å². The van der Waals surface area contributed by atoms with Crippen molar-refractivity contribution in [1.82, 2.24) is 10.6 Å². The number of aliphatic hydroxyl groups excluding tert-OH is 1. The molecule has 0 aliphatic heterocycles.